The van der Waals surface area contributed by atoms with E-state index >= 15 is 0 Å². The molecule has 5 nitrogen and oxygen atoms in total. The molecule has 0 saturated heterocycles. The van der Waals surface area contributed by atoms with Gasteiger partial charge in [-0.25, -0.2) is 17.2 Å². The van der Waals surface area contributed by atoms with Crippen LogP contribution in [0.15, 0.2) is 47.4 Å². The highest BCUT2D eigenvalue weighted by Gasteiger charge is 2.23. The minimum Gasteiger partial charge on any atom is -0.349 e. The lowest BCUT2D eigenvalue weighted by molar-refractivity contribution is 0.0910. The second-order valence-electron chi connectivity index (χ2n) is 7.10. The Morgan fingerprint density at radius 2 is 1.68 bits per heavy atom. The van der Waals surface area contributed by atoms with Crippen molar-refractivity contribution in [1.82, 2.24) is 5.32 Å². The van der Waals surface area contributed by atoms with Gasteiger partial charge in [-0.2, -0.15) is 0 Å². The van der Waals surface area contributed by atoms with Crippen LogP contribution >= 0.6 is 0 Å². The van der Waals surface area contributed by atoms with Crippen molar-refractivity contribution < 1.29 is 22.0 Å². The topological polar surface area (TPSA) is 75.3 Å². The van der Waals surface area contributed by atoms with Crippen LogP contribution in [0.5, 0.6) is 0 Å². The highest BCUT2D eigenvalue weighted by atomic mass is 32.2. The Kier molecular flexibility index (Phi) is 5.98. The van der Waals surface area contributed by atoms with E-state index in [0.29, 0.717) is 17.5 Å². The Balaban J connectivity index is 1.68. The largest absolute Gasteiger partial charge is 0.349 e. The van der Waals surface area contributed by atoms with Gasteiger partial charge in [-0.1, -0.05) is 19.8 Å². The van der Waals surface area contributed by atoms with Crippen LogP contribution in [0.25, 0.3) is 0 Å². The maximum atomic E-state index is 13.3. The molecule has 0 spiro atoms. The number of anilines is 1. The molecule has 0 aliphatic heterocycles. The van der Waals surface area contributed by atoms with Gasteiger partial charge in [0.2, 0.25) is 0 Å². The smallest absolute Gasteiger partial charge is 0.261 e. The van der Waals surface area contributed by atoms with Gasteiger partial charge in [0.1, 0.15) is 0 Å². The molecule has 150 valence electrons. The molecule has 28 heavy (non-hydrogen) atoms. The molecule has 2 N–H and O–H groups in total. The maximum absolute atomic E-state index is 13.3. The molecule has 0 aromatic heterocycles. The highest BCUT2D eigenvalue weighted by molar-refractivity contribution is 7.92. The number of carbonyl (C=O) groups is 1. The van der Waals surface area contributed by atoms with Gasteiger partial charge in [0.15, 0.2) is 11.6 Å². The second kappa shape index (κ2) is 8.26. The molecule has 2 aromatic rings. The Hall–Kier alpha value is -2.48. The molecule has 1 saturated carbocycles. The van der Waals surface area contributed by atoms with Gasteiger partial charge in [0.05, 0.1) is 4.90 Å². The summed E-state index contributed by atoms with van der Waals surface area (Å²) in [7, 11) is -4.07. The van der Waals surface area contributed by atoms with Gasteiger partial charge in [-0.05, 0) is 61.2 Å². The summed E-state index contributed by atoms with van der Waals surface area (Å²) >= 11 is 0. The number of sulfonamides is 1. The van der Waals surface area contributed by atoms with Crippen LogP contribution < -0.4 is 10.0 Å². The molecule has 0 heterocycles. The van der Waals surface area contributed by atoms with Gasteiger partial charge < -0.3 is 5.32 Å². The first-order chi connectivity index (χ1) is 13.3. The number of amides is 1. The lowest BCUT2D eigenvalue weighted by atomic mass is 9.86. The Bertz CT molecular complexity index is 962. The molecule has 0 bridgehead atoms. The highest BCUT2D eigenvalue weighted by Crippen LogP contribution is 2.24. The summed E-state index contributed by atoms with van der Waals surface area (Å²) in [6, 6.07) is 8.45. The van der Waals surface area contributed by atoms with E-state index in [1.807, 2.05) is 0 Å². The first-order valence-electron chi connectivity index (χ1n) is 9.15. The van der Waals surface area contributed by atoms with E-state index in [9.17, 15) is 22.0 Å². The van der Waals surface area contributed by atoms with Crippen molar-refractivity contribution in [1.29, 1.82) is 0 Å². The number of hydrogen-bond donors (Lipinski definition) is 2. The van der Waals surface area contributed by atoms with Crippen LogP contribution in [-0.4, -0.2) is 20.4 Å². The van der Waals surface area contributed by atoms with Crippen molar-refractivity contribution in [3.63, 3.8) is 0 Å². The summed E-state index contributed by atoms with van der Waals surface area (Å²) in [4.78, 5) is 12.0. The van der Waals surface area contributed by atoms with E-state index < -0.39 is 21.7 Å². The predicted molar refractivity (Wildman–Crippen MR) is 102 cm³/mol. The fourth-order valence-corrected chi connectivity index (χ4v) is 4.40. The van der Waals surface area contributed by atoms with Crippen LogP contribution in [0.2, 0.25) is 0 Å². The quantitative estimate of drug-likeness (QED) is 0.783. The lowest BCUT2D eigenvalue weighted by Crippen LogP contribution is -2.41. The van der Waals surface area contributed by atoms with Crippen LogP contribution in [0, 0.1) is 17.6 Å². The Morgan fingerprint density at radius 1 is 1.00 bits per heavy atom. The molecule has 0 radical (unpaired) electrons. The fraction of sp³-hybridized carbons (Fsp3) is 0.350. The van der Waals surface area contributed by atoms with Gasteiger partial charge >= 0.3 is 0 Å². The normalized spacial score (nSPS) is 19.8. The van der Waals surface area contributed by atoms with E-state index in [2.05, 4.69) is 17.0 Å². The standard InChI is InChI=1S/C20H22F2N2O3S/c1-13-4-2-3-5-19(13)23-20(25)14-6-8-15(9-7-14)24-28(26,27)16-10-11-17(21)18(22)12-16/h6-13,19,24H,2-5H2,1H3,(H,23,25). The molecule has 8 heteroatoms. The number of hydrogen-bond acceptors (Lipinski definition) is 3. The molecular formula is C20H22F2N2O3S. The third-order valence-electron chi connectivity index (χ3n) is 5.03. The van der Waals surface area contributed by atoms with E-state index in [1.165, 1.54) is 30.7 Å². The molecule has 1 aliphatic rings. The molecule has 1 fully saturated rings. The van der Waals surface area contributed by atoms with Crippen molar-refractivity contribution in [2.45, 2.75) is 43.5 Å². The summed E-state index contributed by atoms with van der Waals surface area (Å²) in [6.45, 7) is 2.13. The zero-order valence-corrected chi connectivity index (χ0v) is 16.2. The van der Waals surface area contributed by atoms with Crippen LogP contribution in [0.3, 0.4) is 0 Å². The van der Waals surface area contributed by atoms with Crippen LogP contribution in [0.4, 0.5) is 14.5 Å². The molecule has 2 atom stereocenters. The van der Waals surface area contributed by atoms with Crippen LogP contribution in [-0.2, 0) is 10.0 Å². The summed E-state index contributed by atoms with van der Waals surface area (Å²) in [5.41, 5.74) is 0.640. The predicted octanol–water partition coefficient (Wildman–Crippen LogP) is 4.07. The molecule has 1 aliphatic carbocycles. The zero-order valence-electron chi connectivity index (χ0n) is 15.4. The van der Waals surface area contributed by atoms with Crippen LogP contribution in [0.1, 0.15) is 43.0 Å². The first kappa shape index (κ1) is 20.3. The number of halogens is 2. The summed E-state index contributed by atoms with van der Waals surface area (Å²) in [5, 5.41) is 3.04. The van der Waals surface area contributed by atoms with Crippen molar-refractivity contribution in [2.24, 2.45) is 5.92 Å². The van der Waals surface area contributed by atoms with E-state index in [-0.39, 0.29) is 22.5 Å². The summed E-state index contributed by atoms with van der Waals surface area (Å²) in [5.74, 6) is -2.14. The summed E-state index contributed by atoms with van der Waals surface area (Å²) in [6.07, 6.45) is 4.33. The van der Waals surface area contributed by atoms with E-state index in [1.54, 1.807) is 0 Å². The molecular weight excluding hydrogens is 386 g/mol. The fourth-order valence-electron chi connectivity index (χ4n) is 3.33. The molecule has 3 rings (SSSR count). The monoisotopic (exact) mass is 408 g/mol. The average Bonchev–Trinajstić information content (AvgIpc) is 2.66. The number of carbonyl (C=O) groups excluding carboxylic acids is 1. The number of rotatable bonds is 5. The van der Waals surface area contributed by atoms with E-state index in [4.69, 9.17) is 0 Å². The van der Waals surface area contributed by atoms with Gasteiger partial charge in [-0.3, -0.25) is 9.52 Å². The average molecular weight is 408 g/mol. The minimum absolute atomic E-state index is 0.146. The van der Waals surface area contributed by atoms with Gasteiger partial charge in [0.25, 0.3) is 15.9 Å². The lowest BCUT2D eigenvalue weighted by Gasteiger charge is -2.29. The molecule has 1 amide bonds. The Labute approximate surface area is 163 Å². The third kappa shape index (κ3) is 4.67. The number of benzene rings is 2. The van der Waals surface area contributed by atoms with Crippen molar-refractivity contribution in [3.8, 4) is 0 Å². The molecule has 2 unspecified atom stereocenters. The third-order valence-corrected chi connectivity index (χ3v) is 6.41. The number of nitrogens with one attached hydrogen (secondary N) is 2. The van der Waals surface area contributed by atoms with E-state index in [0.717, 1.165) is 31.4 Å². The maximum Gasteiger partial charge on any atom is 0.261 e. The Morgan fingerprint density at radius 3 is 2.32 bits per heavy atom. The minimum atomic E-state index is -4.07. The van der Waals surface area contributed by atoms with Crippen molar-refractivity contribution in [3.05, 3.63) is 59.7 Å². The van der Waals surface area contributed by atoms with Gasteiger partial charge in [-0.15, -0.1) is 0 Å². The SMILES string of the molecule is CC1CCCCC1NC(=O)c1ccc(NS(=O)(=O)c2ccc(F)c(F)c2)cc1. The summed E-state index contributed by atoms with van der Waals surface area (Å²) < 4.78 is 53.2. The van der Waals surface area contributed by atoms with Crippen molar-refractivity contribution >= 4 is 21.6 Å². The van der Waals surface area contributed by atoms with Gasteiger partial charge in [0, 0.05) is 17.3 Å². The van der Waals surface area contributed by atoms with Crippen molar-refractivity contribution in [2.75, 3.05) is 4.72 Å². The second-order valence-corrected chi connectivity index (χ2v) is 8.78. The molecule has 2 aromatic carbocycles. The zero-order chi connectivity index (χ0) is 20.3. The first-order valence-corrected chi connectivity index (χ1v) is 10.6.